The van der Waals surface area contributed by atoms with Crippen LogP contribution in [-0.4, -0.2) is 52.7 Å². The second-order valence-electron chi connectivity index (χ2n) is 5.81. The summed E-state index contributed by atoms with van der Waals surface area (Å²) in [6.07, 6.45) is 3.54. The van der Waals surface area contributed by atoms with Crippen LogP contribution in [0.2, 0.25) is 0 Å². The van der Waals surface area contributed by atoms with Crippen LogP contribution in [0.15, 0.2) is 35.4 Å². The van der Waals surface area contributed by atoms with E-state index >= 15 is 0 Å². The fourth-order valence-electron chi connectivity index (χ4n) is 3.26. The van der Waals surface area contributed by atoms with Gasteiger partial charge in [-0.3, -0.25) is 9.78 Å². The maximum Gasteiger partial charge on any atom is 0.273 e. The Hall–Kier alpha value is -1.83. The first-order valence-corrected chi connectivity index (χ1v) is 8.54. The van der Waals surface area contributed by atoms with Gasteiger partial charge in [-0.15, -0.1) is 11.3 Å². The monoisotopic (exact) mass is 331 g/mol. The minimum Gasteiger partial charge on any atom is -0.379 e. The van der Waals surface area contributed by atoms with Gasteiger partial charge in [-0.25, -0.2) is 4.98 Å². The number of carbonyl (C=O) groups is 1. The molecule has 23 heavy (non-hydrogen) atoms. The van der Waals surface area contributed by atoms with Gasteiger partial charge in [-0.2, -0.15) is 0 Å². The lowest BCUT2D eigenvalue weighted by molar-refractivity contribution is 0.00921. The van der Waals surface area contributed by atoms with Gasteiger partial charge in [0.15, 0.2) is 0 Å². The van der Waals surface area contributed by atoms with Crippen LogP contribution in [0.1, 0.15) is 16.1 Å². The van der Waals surface area contributed by atoms with Crippen molar-refractivity contribution in [2.45, 2.75) is 18.8 Å². The summed E-state index contributed by atoms with van der Waals surface area (Å²) in [5, 5.41) is 1.79. The number of likely N-dealkylation sites (tertiary alicyclic amines) is 1. The molecule has 0 radical (unpaired) electrons. The molecule has 0 unspecified atom stereocenters. The molecule has 7 heteroatoms. The van der Waals surface area contributed by atoms with Crippen LogP contribution in [0, 0.1) is 5.92 Å². The van der Waals surface area contributed by atoms with Gasteiger partial charge in [0, 0.05) is 30.2 Å². The average molecular weight is 331 g/mol. The predicted molar refractivity (Wildman–Crippen MR) is 84.1 cm³/mol. The Bertz CT molecular complexity index is 664. The van der Waals surface area contributed by atoms with Crippen LogP contribution >= 0.6 is 11.3 Å². The first-order valence-electron chi connectivity index (χ1n) is 7.60. The molecule has 120 valence electrons. The molecule has 2 aliphatic rings. The largest absolute Gasteiger partial charge is 0.379 e. The van der Waals surface area contributed by atoms with Crippen LogP contribution in [0.25, 0.3) is 0 Å². The van der Waals surface area contributed by atoms with Crippen LogP contribution in [-0.2, 0) is 16.1 Å². The van der Waals surface area contributed by atoms with E-state index in [1.165, 1.54) is 11.3 Å². The SMILES string of the molecule is O=C(c1cscn1)N1C[C@H](OCc2cccnc2)[C@H]2COC[C@H]21. The summed E-state index contributed by atoms with van der Waals surface area (Å²) in [7, 11) is 0. The maximum atomic E-state index is 12.6. The van der Waals surface area contributed by atoms with Crippen LogP contribution in [0.3, 0.4) is 0 Å². The van der Waals surface area contributed by atoms with Gasteiger partial charge in [-0.1, -0.05) is 6.07 Å². The second kappa shape index (κ2) is 6.35. The summed E-state index contributed by atoms with van der Waals surface area (Å²) in [4.78, 5) is 22.7. The molecule has 1 amide bonds. The Labute approximate surface area is 138 Å². The van der Waals surface area contributed by atoms with Gasteiger partial charge < -0.3 is 14.4 Å². The zero-order chi connectivity index (χ0) is 15.6. The van der Waals surface area contributed by atoms with Crippen LogP contribution in [0.4, 0.5) is 0 Å². The molecule has 0 bridgehead atoms. The van der Waals surface area contributed by atoms with E-state index in [1.807, 2.05) is 17.0 Å². The molecule has 2 aromatic heterocycles. The lowest BCUT2D eigenvalue weighted by Gasteiger charge is -2.21. The van der Waals surface area contributed by atoms with E-state index in [9.17, 15) is 4.79 Å². The van der Waals surface area contributed by atoms with E-state index in [2.05, 4.69) is 9.97 Å². The number of amides is 1. The third-order valence-corrected chi connectivity index (χ3v) is 5.03. The predicted octanol–water partition coefficient (Wildman–Crippen LogP) is 1.59. The number of carbonyl (C=O) groups excluding carboxylic acids is 1. The van der Waals surface area contributed by atoms with Crippen molar-refractivity contribution in [3.05, 3.63) is 46.7 Å². The van der Waals surface area contributed by atoms with Gasteiger partial charge >= 0.3 is 0 Å². The van der Waals surface area contributed by atoms with Crippen molar-refractivity contribution in [1.82, 2.24) is 14.9 Å². The van der Waals surface area contributed by atoms with Crippen LogP contribution in [0.5, 0.6) is 0 Å². The summed E-state index contributed by atoms with van der Waals surface area (Å²) < 4.78 is 11.7. The van der Waals surface area contributed by atoms with Gasteiger partial charge in [0.2, 0.25) is 0 Å². The molecule has 0 spiro atoms. The molecule has 2 aliphatic heterocycles. The van der Waals surface area contributed by atoms with E-state index < -0.39 is 0 Å². The molecule has 0 aliphatic carbocycles. The van der Waals surface area contributed by atoms with Crippen molar-refractivity contribution in [2.24, 2.45) is 5.92 Å². The molecule has 6 nitrogen and oxygen atoms in total. The number of fused-ring (bicyclic) bond motifs is 1. The normalized spacial score (nSPS) is 26.4. The number of rotatable bonds is 4. The first kappa shape index (κ1) is 14.7. The highest BCUT2D eigenvalue weighted by atomic mass is 32.1. The average Bonchev–Trinajstić information content (AvgIpc) is 3.31. The van der Waals surface area contributed by atoms with Gasteiger partial charge in [0.1, 0.15) is 5.69 Å². The fourth-order valence-corrected chi connectivity index (χ4v) is 3.79. The Morgan fingerprint density at radius 2 is 2.43 bits per heavy atom. The molecule has 4 heterocycles. The number of hydrogen-bond donors (Lipinski definition) is 0. The van der Waals surface area contributed by atoms with Crippen molar-refractivity contribution in [3.63, 3.8) is 0 Å². The molecular formula is C16H17N3O3S. The van der Waals surface area contributed by atoms with Gasteiger partial charge in [0.05, 0.1) is 37.5 Å². The quantitative estimate of drug-likeness (QED) is 0.851. The van der Waals surface area contributed by atoms with Crippen LogP contribution < -0.4 is 0 Å². The van der Waals surface area contributed by atoms with E-state index in [-0.39, 0.29) is 24.0 Å². The number of hydrogen-bond acceptors (Lipinski definition) is 6. The number of aromatic nitrogens is 2. The Kier molecular flexibility index (Phi) is 4.07. The zero-order valence-corrected chi connectivity index (χ0v) is 13.3. The van der Waals surface area contributed by atoms with E-state index in [0.29, 0.717) is 32.1 Å². The van der Waals surface area contributed by atoms with Gasteiger partial charge in [0.25, 0.3) is 5.91 Å². The van der Waals surface area contributed by atoms with E-state index in [1.54, 1.807) is 23.3 Å². The summed E-state index contributed by atoms with van der Waals surface area (Å²) in [6, 6.07) is 3.97. The lowest BCUT2D eigenvalue weighted by Crippen LogP contribution is -2.38. The number of thiazole rings is 1. The maximum absolute atomic E-state index is 12.6. The van der Waals surface area contributed by atoms with Crippen molar-refractivity contribution in [3.8, 4) is 0 Å². The third-order valence-electron chi connectivity index (χ3n) is 4.45. The number of ether oxygens (including phenoxy) is 2. The highest BCUT2D eigenvalue weighted by Crippen LogP contribution is 2.33. The van der Waals surface area contributed by atoms with Crippen molar-refractivity contribution in [2.75, 3.05) is 19.8 Å². The standard InChI is InChI=1S/C16H17N3O3S/c20-16(13-9-23-10-18-13)19-5-15(12-7-21-8-14(12)19)22-6-11-2-1-3-17-4-11/h1-4,9-10,12,14-15H,5-8H2/t12-,14+,15-/m0/s1. The number of pyridine rings is 1. The van der Waals surface area contributed by atoms with Crippen molar-refractivity contribution >= 4 is 17.2 Å². The molecule has 2 saturated heterocycles. The minimum absolute atomic E-state index is 0.00899. The first-order chi connectivity index (χ1) is 11.3. The highest BCUT2D eigenvalue weighted by Gasteiger charge is 2.48. The highest BCUT2D eigenvalue weighted by molar-refractivity contribution is 7.07. The second-order valence-corrected chi connectivity index (χ2v) is 6.53. The van der Waals surface area contributed by atoms with E-state index in [4.69, 9.17) is 9.47 Å². The fraction of sp³-hybridized carbons (Fsp3) is 0.438. The van der Waals surface area contributed by atoms with Crippen molar-refractivity contribution < 1.29 is 14.3 Å². The molecule has 2 aromatic rings. The molecule has 3 atom stereocenters. The summed E-state index contributed by atoms with van der Waals surface area (Å²) in [5.74, 6) is 0.202. The lowest BCUT2D eigenvalue weighted by atomic mass is 10.0. The van der Waals surface area contributed by atoms with Gasteiger partial charge in [-0.05, 0) is 11.6 Å². The molecule has 4 rings (SSSR count). The van der Waals surface area contributed by atoms with Crippen molar-refractivity contribution in [1.29, 1.82) is 0 Å². The Balaban J connectivity index is 1.46. The zero-order valence-electron chi connectivity index (χ0n) is 12.5. The topological polar surface area (TPSA) is 64.6 Å². The Morgan fingerprint density at radius 3 is 3.22 bits per heavy atom. The van der Waals surface area contributed by atoms with E-state index in [0.717, 1.165) is 5.56 Å². The summed E-state index contributed by atoms with van der Waals surface area (Å²) in [5.41, 5.74) is 3.23. The summed E-state index contributed by atoms with van der Waals surface area (Å²) in [6.45, 7) is 2.31. The molecule has 0 saturated carbocycles. The molecular weight excluding hydrogens is 314 g/mol. The Morgan fingerprint density at radius 1 is 1.48 bits per heavy atom. The molecule has 2 fully saturated rings. The number of nitrogens with zero attached hydrogens (tertiary/aromatic N) is 3. The third kappa shape index (κ3) is 2.87. The minimum atomic E-state index is -0.0285. The molecule has 0 aromatic carbocycles. The summed E-state index contributed by atoms with van der Waals surface area (Å²) >= 11 is 1.43. The smallest absolute Gasteiger partial charge is 0.273 e. The molecule has 0 N–H and O–H groups in total.